The monoisotopic (exact) mass is 436 g/mol. The van der Waals surface area contributed by atoms with E-state index in [9.17, 15) is 4.79 Å². The number of esters is 1. The largest absolute Gasteiger partial charge is 0.459 e. The number of rotatable bonds is 8. The number of carbonyl (C=O) groups is 1. The zero-order chi connectivity index (χ0) is 22.3. The third-order valence-electron chi connectivity index (χ3n) is 8.87. The van der Waals surface area contributed by atoms with Gasteiger partial charge in [0.15, 0.2) is 0 Å². The summed E-state index contributed by atoms with van der Waals surface area (Å²) >= 11 is 0. The Labute approximate surface area is 187 Å². The lowest BCUT2D eigenvalue weighted by atomic mass is 9.45. The second kappa shape index (κ2) is 8.77. The standard InChI is InChI=1S/C25H40O6/c1-6-28-15-24(4)19-10-13-25(16-31-25)20(23(19,3)12-11-21(24)29-7-2)9-8-17-18(27-5)14-30-22(17)26/h8,18-21H,6-7,9-16H2,1-5H3/t18-,19?,20?,21-,23+,24+,25?/m1/s1. The number of ether oxygens (including phenoxy) is 5. The van der Waals surface area contributed by atoms with Crippen molar-refractivity contribution in [1.82, 2.24) is 0 Å². The Kier molecular flexibility index (Phi) is 6.57. The van der Waals surface area contributed by atoms with Gasteiger partial charge in [-0.3, -0.25) is 0 Å². The molecule has 0 N–H and O–H groups in total. The highest BCUT2D eigenvalue weighted by Gasteiger charge is 2.67. The van der Waals surface area contributed by atoms with Gasteiger partial charge in [0.2, 0.25) is 0 Å². The van der Waals surface area contributed by atoms with E-state index in [0.717, 1.165) is 58.5 Å². The molecule has 2 saturated carbocycles. The van der Waals surface area contributed by atoms with Gasteiger partial charge in [0, 0.05) is 25.7 Å². The minimum absolute atomic E-state index is 0.0255. The molecule has 6 heteroatoms. The molecule has 2 aliphatic heterocycles. The van der Waals surface area contributed by atoms with Crippen LogP contribution in [0.25, 0.3) is 0 Å². The fraction of sp³-hybridized carbons (Fsp3) is 0.880. The zero-order valence-corrected chi connectivity index (χ0v) is 19.9. The van der Waals surface area contributed by atoms with Crippen LogP contribution in [0, 0.1) is 22.7 Å². The summed E-state index contributed by atoms with van der Waals surface area (Å²) in [6, 6.07) is 0. The number of hydrogen-bond acceptors (Lipinski definition) is 6. The molecule has 3 unspecified atom stereocenters. The van der Waals surface area contributed by atoms with Crippen molar-refractivity contribution in [2.45, 2.75) is 77.6 Å². The predicted molar refractivity (Wildman–Crippen MR) is 117 cm³/mol. The van der Waals surface area contributed by atoms with Crippen LogP contribution in [0.5, 0.6) is 0 Å². The maximum Gasteiger partial charge on any atom is 0.336 e. The van der Waals surface area contributed by atoms with Gasteiger partial charge in [-0.15, -0.1) is 0 Å². The van der Waals surface area contributed by atoms with Crippen LogP contribution < -0.4 is 0 Å². The van der Waals surface area contributed by atoms with Gasteiger partial charge < -0.3 is 23.7 Å². The Balaban J connectivity index is 1.64. The van der Waals surface area contributed by atoms with Gasteiger partial charge in [0.05, 0.1) is 30.5 Å². The second-order valence-corrected chi connectivity index (χ2v) is 10.3. The minimum Gasteiger partial charge on any atom is -0.459 e. The summed E-state index contributed by atoms with van der Waals surface area (Å²) in [5, 5.41) is 0. The molecule has 4 aliphatic rings. The van der Waals surface area contributed by atoms with E-state index in [1.165, 1.54) is 0 Å². The van der Waals surface area contributed by atoms with Crippen LogP contribution in [0.15, 0.2) is 11.6 Å². The van der Waals surface area contributed by atoms with Crippen molar-refractivity contribution >= 4 is 5.97 Å². The van der Waals surface area contributed by atoms with Crippen molar-refractivity contribution in [3.63, 3.8) is 0 Å². The van der Waals surface area contributed by atoms with Crippen molar-refractivity contribution in [3.05, 3.63) is 11.6 Å². The summed E-state index contributed by atoms with van der Waals surface area (Å²) < 4.78 is 29.2. The molecular weight excluding hydrogens is 396 g/mol. The SMILES string of the molecule is CCOC[C@@]1(C)C2CCC3(CO3)C(CC=C3C(=O)OC[C@H]3OC)[C@@]2(C)CC[C@H]1OCC. The first-order valence-corrected chi connectivity index (χ1v) is 12.1. The first-order chi connectivity index (χ1) is 14.8. The minimum atomic E-state index is -0.257. The van der Waals surface area contributed by atoms with E-state index in [2.05, 4.69) is 33.8 Å². The van der Waals surface area contributed by atoms with Crippen molar-refractivity contribution in [2.24, 2.45) is 22.7 Å². The Hall–Kier alpha value is -0.950. The fourth-order valence-corrected chi connectivity index (χ4v) is 7.19. The molecular formula is C25H40O6. The smallest absolute Gasteiger partial charge is 0.336 e. The number of methoxy groups -OCH3 is 1. The van der Waals surface area contributed by atoms with Gasteiger partial charge in [0.1, 0.15) is 12.7 Å². The fourth-order valence-electron chi connectivity index (χ4n) is 7.19. The molecule has 2 saturated heterocycles. The molecule has 0 aromatic carbocycles. The Morgan fingerprint density at radius 2 is 1.94 bits per heavy atom. The molecule has 0 amide bonds. The number of epoxide rings is 1. The Morgan fingerprint density at radius 3 is 2.58 bits per heavy atom. The third kappa shape index (κ3) is 3.88. The van der Waals surface area contributed by atoms with E-state index in [4.69, 9.17) is 23.7 Å². The number of allylic oxidation sites excluding steroid dienone is 1. The van der Waals surface area contributed by atoms with E-state index >= 15 is 0 Å². The second-order valence-electron chi connectivity index (χ2n) is 10.3. The van der Waals surface area contributed by atoms with Crippen LogP contribution in [0.2, 0.25) is 0 Å². The van der Waals surface area contributed by atoms with Gasteiger partial charge in [-0.1, -0.05) is 19.9 Å². The van der Waals surface area contributed by atoms with Gasteiger partial charge in [0.25, 0.3) is 0 Å². The molecule has 2 heterocycles. The number of carbonyl (C=O) groups excluding carboxylic acids is 1. The van der Waals surface area contributed by atoms with Crippen LogP contribution in [0.3, 0.4) is 0 Å². The van der Waals surface area contributed by atoms with E-state index in [0.29, 0.717) is 24.0 Å². The van der Waals surface area contributed by atoms with Gasteiger partial charge >= 0.3 is 5.97 Å². The molecule has 176 valence electrons. The Bertz CT molecular complexity index is 700. The van der Waals surface area contributed by atoms with Crippen LogP contribution >= 0.6 is 0 Å². The summed E-state index contributed by atoms with van der Waals surface area (Å²) in [5.74, 6) is 0.612. The maximum absolute atomic E-state index is 12.3. The van der Waals surface area contributed by atoms with Gasteiger partial charge in [-0.05, 0) is 63.2 Å². The molecule has 4 fully saturated rings. The lowest BCUT2D eigenvalue weighted by molar-refractivity contribution is -0.195. The van der Waals surface area contributed by atoms with Crippen molar-refractivity contribution in [2.75, 3.05) is 40.1 Å². The Morgan fingerprint density at radius 1 is 1.16 bits per heavy atom. The first-order valence-electron chi connectivity index (χ1n) is 12.1. The van der Waals surface area contributed by atoms with E-state index in [1.54, 1.807) is 7.11 Å². The highest BCUT2D eigenvalue weighted by atomic mass is 16.6. The summed E-state index contributed by atoms with van der Waals surface area (Å²) in [6.07, 6.45) is 7.23. The predicted octanol–water partition coefficient (Wildman–Crippen LogP) is 3.92. The highest BCUT2D eigenvalue weighted by Crippen LogP contribution is 2.66. The summed E-state index contributed by atoms with van der Waals surface area (Å²) in [6.45, 7) is 12.3. The number of hydrogen-bond donors (Lipinski definition) is 0. The lowest BCUT2D eigenvalue weighted by Gasteiger charge is -2.61. The molecule has 4 rings (SSSR count). The lowest BCUT2D eigenvalue weighted by Crippen LogP contribution is -2.61. The molecule has 0 aromatic heterocycles. The topological polar surface area (TPSA) is 66.5 Å². The molecule has 31 heavy (non-hydrogen) atoms. The van der Waals surface area contributed by atoms with Crippen LogP contribution in [0.1, 0.15) is 59.8 Å². The number of cyclic esters (lactones) is 1. The number of fused-ring (bicyclic) bond motifs is 1. The maximum atomic E-state index is 12.3. The average Bonchev–Trinajstić information content (AvgIpc) is 3.43. The summed E-state index contributed by atoms with van der Waals surface area (Å²) in [4.78, 5) is 12.3. The van der Waals surface area contributed by atoms with Crippen molar-refractivity contribution < 1.29 is 28.5 Å². The molecule has 7 atom stereocenters. The van der Waals surface area contributed by atoms with Crippen LogP contribution in [-0.2, 0) is 28.5 Å². The molecule has 6 nitrogen and oxygen atoms in total. The quantitative estimate of drug-likeness (QED) is 0.326. The van der Waals surface area contributed by atoms with Crippen LogP contribution in [-0.4, -0.2) is 63.9 Å². The molecule has 1 spiro atoms. The highest BCUT2D eigenvalue weighted by molar-refractivity contribution is 5.91. The average molecular weight is 437 g/mol. The van der Waals surface area contributed by atoms with E-state index in [-0.39, 0.29) is 34.6 Å². The zero-order valence-electron chi connectivity index (χ0n) is 19.9. The van der Waals surface area contributed by atoms with Crippen molar-refractivity contribution in [1.29, 1.82) is 0 Å². The summed E-state index contributed by atoms with van der Waals surface area (Å²) in [7, 11) is 1.64. The normalized spacial score (nSPS) is 45.7. The van der Waals surface area contributed by atoms with Gasteiger partial charge in [-0.25, -0.2) is 4.79 Å². The van der Waals surface area contributed by atoms with E-state index < -0.39 is 0 Å². The van der Waals surface area contributed by atoms with E-state index in [1.807, 2.05) is 0 Å². The molecule has 0 aromatic rings. The third-order valence-corrected chi connectivity index (χ3v) is 8.87. The molecule has 0 radical (unpaired) electrons. The van der Waals surface area contributed by atoms with Crippen molar-refractivity contribution in [3.8, 4) is 0 Å². The molecule has 2 aliphatic carbocycles. The first kappa shape index (κ1) is 23.2. The van der Waals surface area contributed by atoms with Crippen LogP contribution in [0.4, 0.5) is 0 Å². The molecule has 0 bridgehead atoms. The summed E-state index contributed by atoms with van der Waals surface area (Å²) in [5.41, 5.74) is 0.709. The van der Waals surface area contributed by atoms with Gasteiger partial charge in [-0.2, -0.15) is 0 Å².